The third-order valence-electron chi connectivity index (χ3n) is 7.54. The summed E-state index contributed by atoms with van der Waals surface area (Å²) in [5, 5.41) is 3.01. The molecule has 3 heterocycles. The number of hydrogen-bond acceptors (Lipinski definition) is 5. The normalized spacial score (nSPS) is 16.2. The van der Waals surface area contributed by atoms with E-state index in [0.29, 0.717) is 50.0 Å². The van der Waals surface area contributed by atoms with E-state index in [1.165, 1.54) is 16.0 Å². The van der Waals surface area contributed by atoms with Crippen molar-refractivity contribution in [1.82, 2.24) is 24.6 Å². The van der Waals surface area contributed by atoms with Gasteiger partial charge in [0.25, 0.3) is 5.91 Å². The minimum Gasteiger partial charge on any atom is -0.345 e. The summed E-state index contributed by atoms with van der Waals surface area (Å²) in [4.78, 5) is 61.5. The minimum atomic E-state index is -0.288. The fourth-order valence-electron chi connectivity index (χ4n) is 5.08. The Morgan fingerprint density at radius 1 is 1.10 bits per heavy atom. The number of nitrogens with one attached hydrogen (secondary N) is 1. The molecule has 0 radical (unpaired) electrons. The molecule has 0 atom stereocenters. The Kier molecular flexibility index (Phi) is 8.63. The zero-order valence-electron chi connectivity index (χ0n) is 23.0. The quantitative estimate of drug-likeness (QED) is 0.436. The zero-order chi connectivity index (χ0) is 28.1. The number of amides is 5. The van der Waals surface area contributed by atoms with Crippen LogP contribution in [0.4, 0.5) is 10.5 Å². The maximum atomic E-state index is 13.2. The largest absolute Gasteiger partial charge is 0.345 e. The van der Waals surface area contributed by atoms with Crippen molar-refractivity contribution >= 4 is 35.5 Å². The summed E-state index contributed by atoms with van der Waals surface area (Å²) in [5.74, 6) is -0.497. The number of para-hydroxylation sites is 1. The van der Waals surface area contributed by atoms with Crippen LogP contribution in [0.2, 0.25) is 0 Å². The SMILES string of the molecule is Cc1cncc(/C(=C/N(C=O)CC(=O)N2CCC(N3CCc4ccccc4NC3=O)CC2)C(=O)N(C)C)c1C. The highest BCUT2D eigenvalue weighted by molar-refractivity contribution is 6.19. The number of aromatic nitrogens is 1. The minimum absolute atomic E-state index is 0.0338. The standard InChI is InChI=1S/C29H36N6O4/c1-20-15-30-16-24(21(20)2)25(28(38)32(3)4)17-33(19-36)18-27(37)34-12-10-23(11-13-34)35-14-9-22-7-5-6-8-26(22)31-29(35)39/h5-8,15-17,19,23H,9-14,18H2,1-4H3,(H,31,39)/b25-17-. The Balaban J connectivity index is 1.41. The van der Waals surface area contributed by atoms with Gasteiger partial charge in [-0.1, -0.05) is 18.2 Å². The Labute approximate surface area is 229 Å². The van der Waals surface area contributed by atoms with Crippen molar-refractivity contribution in [2.45, 2.75) is 39.2 Å². The zero-order valence-corrected chi connectivity index (χ0v) is 23.0. The molecule has 10 nitrogen and oxygen atoms in total. The molecule has 2 aliphatic heterocycles. The van der Waals surface area contributed by atoms with E-state index in [2.05, 4.69) is 10.3 Å². The van der Waals surface area contributed by atoms with E-state index in [1.807, 2.05) is 43.0 Å². The summed E-state index contributed by atoms with van der Waals surface area (Å²) in [7, 11) is 3.27. The predicted octanol–water partition coefficient (Wildman–Crippen LogP) is 2.67. The molecule has 1 aromatic carbocycles. The van der Waals surface area contributed by atoms with Crippen LogP contribution in [-0.2, 0) is 20.8 Å². The molecule has 1 aromatic heterocycles. The van der Waals surface area contributed by atoms with Gasteiger partial charge in [0, 0.05) is 69.6 Å². The van der Waals surface area contributed by atoms with Crippen LogP contribution in [-0.4, -0.2) is 95.2 Å². The molecule has 1 fully saturated rings. The average Bonchev–Trinajstić information content (AvgIpc) is 3.10. The first-order valence-corrected chi connectivity index (χ1v) is 13.2. The number of carbonyl (C=O) groups excluding carboxylic acids is 4. The number of likely N-dealkylation sites (N-methyl/N-ethyl adjacent to an activating group) is 1. The number of carbonyl (C=O) groups is 4. The van der Waals surface area contributed by atoms with Crippen LogP contribution in [0.15, 0.2) is 42.9 Å². The van der Waals surface area contributed by atoms with Gasteiger partial charge in [-0.25, -0.2) is 4.79 Å². The molecule has 0 aliphatic carbocycles. The Hall–Kier alpha value is -4.21. The number of benzene rings is 1. The van der Waals surface area contributed by atoms with E-state index in [0.717, 1.165) is 28.8 Å². The number of nitrogens with zero attached hydrogens (tertiary/aromatic N) is 5. The lowest BCUT2D eigenvalue weighted by molar-refractivity contribution is -0.135. The number of urea groups is 1. The van der Waals surface area contributed by atoms with Crippen LogP contribution in [0.3, 0.4) is 0 Å². The number of anilines is 1. The van der Waals surface area contributed by atoms with Crippen LogP contribution >= 0.6 is 0 Å². The fourth-order valence-corrected chi connectivity index (χ4v) is 5.08. The molecule has 1 N–H and O–H groups in total. The second-order valence-corrected chi connectivity index (χ2v) is 10.3. The lowest BCUT2D eigenvalue weighted by Crippen LogP contribution is -2.51. The number of aryl methyl sites for hydroxylation is 1. The van der Waals surface area contributed by atoms with Gasteiger partial charge in [-0.3, -0.25) is 19.4 Å². The lowest BCUT2D eigenvalue weighted by atomic mass is 9.99. The summed E-state index contributed by atoms with van der Waals surface area (Å²) >= 11 is 0. The monoisotopic (exact) mass is 532 g/mol. The van der Waals surface area contributed by atoms with Crippen molar-refractivity contribution in [2.24, 2.45) is 0 Å². The van der Waals surface area contributed by atoms with Gasteiger partial charge in [0.2, 0.25) is 12.3 Å². The highest BCUT2D eigenvalue weighted by Crippen LogP contribution is 2.25. The van der Waals surface area contributed by atoms with E-state index in [9.17, 15) is 19.2 Å². The molecular formula is C29H36N6O4. The van der Waals surface area contributed by atoms with Crippen molar-refractivity contribution in [3.63, 3.8) is 0 Å². The molecule has 0 bridgehead atoms. The molecular weight excluding hydrogens is 496 g/mol. The Morgan fingerprint density at radius 2 is 1.82 bits per heavy atom. The molecule has 4 rings (SSSR count). The third kappa shape index (κ3) is 6.27. The number of hydrogen-bond donors (Lipinski definition) is 1. The van der Waals surface area contributed by atoms with Gasteiger partial charge in [-0.2, -0.15) is 0 Å². The molecule has 10 heteroatoms. The second-order valence-electron chi connectivity index (χ2n) is 10.3. The first kappa shape index (κ1) is 27.8. The van der Waals surface area contributed by atoms with Crippen molar-refractivity contribution < 1.29 is 19.2 Å². The van der Waals surface area contributed by atoms with Gasteiger partial charge in [0.15, 0.2) is 0 Å². The molecule has 39 heavy (non-hydrogen) atoms. The topological polar surface area (TPSA) is 106 Å². The van der Waals surface area contributed by atoms with Crippen LogP contribution < -0.4 is 5.32 Å². The molecule has 2 aliphatic rings. The van der Waals surface area contributed by atoms with Crippen LogP contribution in [0, 0.1) is 13.8 Å². The molecule has 2 aromatic rings. The average molecular weight is 533 g/mol. The number of fused-ring (bicyclic) bond motifs is 1. The third-order valence-corrected chi connectivity index (χ3v) is 7.54. The van der Waals surface area contributed by atoms with E-state index < -0.39 is 0 Å². The Bertz CT molecular complexity index is 1280. The van der Waals surface area contributed by atoms with Crippen LogP contribution in [0.5, 0.6) is 0 Å². The first-order chi connectivity index (χ1) is 18.7. The molecule has 1 saturated heterocycles. The smallest absolute Gasteiger partial charge is 0.322 e. The van der Waals surface area contributed by atoms with Gasteiger partial charge < -0.3 is 24.9 Å². The summed E-state index contributed by atoms with van der Waals surface area (Å²) in [6, 6.07) is 7.75. The highest BCUT2D eigenvalue weighted by atomic mass is 16.2. The molecule has 0 saturated carbocycles. The van der Waals surface area contributed by atoms with Crippen LogP contribution in [0.25, 0.3) is 5.57 Å². The van der Waals surface area contributed by atoms with E-state index >= 15 is 0 Å². The summed E-state index contributed by atoms with van der Waals surface area (Å²) in [5.41, 5.74) is 4.68. The number of pyridine rings is 1. The summed E-state index contributed by atoms with van der Waals surface area (Å²) in [6.07, 6.45) is 7.40. The first-order valence-electron chi connectivity index (χ1n) is 13.2. The van der Waals surface area contributed by atoms with Crippen molar-refractivity contribution in [3.8, 4) is 0 Å². The fraction of sp³-hybridized carbons (Fsp3) is 0.414. The number of rotatable bonds is 7. The van der Waals surface area contributed by atoms with Gasteiger partial charge in [-0.05, 0) is 55.9 Å². The van der Waals surface area contributed by atoms with Crippen molar-refractivity contribution in [3.05, 3.63) is 65.1 Å². The van der Waals surface area contributed by atoms with E-state index in [4.69, 9.17) is 0 Å². The van der Waals surface area contributed by atoms with Crippen molar-refractivity contribution in [2.75, 3.05) is 45.6 Å². The van der Waals surface area contributed by atoms with Gasteiger partial charge >= 0.3 is 6.03 Å². The molecule has 206 valence electrons. The summed E-state index contributed by atoms with van der Waals surface area (Å²) in [6.45, 7) is 5.22. The van der Waals surface area contributed by atoms with Crippen molar-refractivity contribution in [1.29, 1.82) is 0 Å². The maximum absolute atomic E-state index is 13.2. The van der Waals surface area contributed by atoms with Gasteiger partial charge in [-0.15, -0.1) is 0 Å². The molecule has 5 amide bonds. The summed E-state index contributed by atoms with van der Waals surface area (Å²) < 4.78 is 0. The highest BCUT2D eigenvalue weighted by Gasteiger charge is 2.31. The predicted molar refractivity (Wildman–Crippen MR) is 149 cm³/mol. The van der Waals surface area contributed by atoms with E-state index in [1.54, 1.807) is 31.4 Å². The lowest BCUT2D eigenvalue weighted by Gasteiger charge is -2.38. The Morgan fingerprint density at radius 3 is 2.51 bits per heavy atom. The number of piperidine rings is 1. The van der Waals surface area contributed by atoms with Crippen LogP contribution in [0.1, 0.15) is 35.1 Å². The van der Waals surface area contributed by atoms with E-state index in [-0.39, 0.29) is 30.4 Å². The van der Waals surface area contributed by atoms with Gasteiger partial charge in [0.1, 0.15) is 6.54 Å². The van der Waals surface area contributed by atoms with Gasteiger partial charge in [0.05, 0.1) is 5.57 Å². The molecule has 0 unspecified atom stereocenters. The second kappa shape index (κ2) is 12.1. The maximum Gasteiger partial charge on any atom is 0.322 e. The molecule has 0 spiro atoms. The number of likely N-dealkylation sites (tertiary alicyclic amines) is 1.